The molecule has 1 heterocycles. The molecule has 1 atom stereocenters. The molecule has 0 spiro atoms. The van der Waals surface area contributed by atoms with E-state index in [9.17, 15) is 9.90 Å². The molecule has 1 aliphatic heterocycles. The Bertz CT molecular complexity index is 510. The second-order valence-corrected chi connectivity index (χ2v) is 6.50. The van der Waals surface area contributed by atoms with E-state index < -0.39 is 0 Å². The van der Waals surface area contributed by atoms with E-state index in [-0.39, 0.29) is 24.0 Å². The fourth-order valence-corrected chi connectivity index (χ4v) is 3.10. The Kier molecular flexibility index (Phi) is 5.56. The Labute approximate surface area is 132 Å². The average Bonchev–Trinajstić information content (AvgIpc) is 2.48. The van der Waals surface area contributed by atoms with E-state index in [1.54, 1.807) is 6.07 Å². The Morgan fingerprint density at radius 2 is 2.09 bits per heavy atom. The maximum atomic E-state index is 11.2. The van der Waals surface area contributed by atoms with Gasteiger partial charge in [0.25, 0.3) is 0 Å². The highest BCUT2D eigenvalue weighted by atomic mass is 16.5. The molecule has 122 valence electrons. The fourth-order valence-electron chi connectivity index (χ4n) is 3.10. The van der Waals surface area contributed by atoms with Gasteiger partial charge in [-0.05, 0) is 17.7 Å². The lowest BCUT2D eigenvalue weighted by Crippen LogP contribution is -2.49. The number of aliphatic hydroxyl groups is 1. The number of esters is 1. The number of piperazine rings is 1. The summed E-state index contributed by atoms with van der Waals surface area (Å²) >= 11 is 0. The zero-order valence-electron chi connectivity index (χ0n) is 13.6. The van der Waals surface area contributed by atoms with E-state index >= 15 is 0 Å². The van der Waals surface area contributed by atoms with Crippen molar-refractivity contribution in [2.75, 3.05) is 32.8 Å². The summed E-state index contributed by atoms with van der Waals surface area (Å²) in [7, 11) is 0. The van der Waals surface area contributed by atoms with E-state index in [0.29, 0.717) is 5.75 Å². The van der Waals surface area contributed by atoms with Crippen LogP contribution in [0, 0.1) is 5.41 Å². The number of nitrogens with one attached hydrogen (secondary N) is 1. The third-order valence-corrected chi connectivity index (χ3v) is 4.10. The van der Waals surface area contributed by atoms with Crippen molar-refractivity contribution in [1.82, 2.24) is 10.2 Å². The van der Waals surface area contributed by atoms with Gasteiger partial charge >= 0.3 is 5.97 Å². The van der Waals surface area contributed by atoms with Gasteiger partial charge in [-0.15, -0.1) is 0 Å². The van der Waals surface area contributed by atoms with Crippen LogP contribution in [-0.4, -0.2) is 48.8 Å². The number of nitrogens with zero attached hydrogens (tertiary/aromatic N) is 1. The maximum Gasteiger partial charge on any atom is 0.308 e. The lowest BCUT2D eigenvalue weighted by molar-refractivity contribution is -0.131. The molecule has 2 N–H and O–H groups in total. The minimum absolute atomic E-state index is 0.0788. The van der Waals surface area contributed by atoms with E-state index in [0.717, 1.165) is 31.7 Å². The number of benzene rings is 1. The van der Waals surface area contributed by atoms with Crippen molar-refractivity contribution in [3.8, 4) is 5.75 Å². The van der Waals surface area contributed by atoms with E-state index in [2.05, 4.69) is 24.1 Å². The van der Waals surface area contributed by atoms with E-state index in [1.165, 1.54) is 6.92 Å². The van der Waals surface area contributed by atoms with Crippen molar-refractivity contribution >= 4 is 5.97 Å². The summed E-state index contributed by atoms with van der Waals surface area (Å²) in [6.07, 6.45) is 0. The van der Waals surface area contributed by atoms with Gasteiger partial charge in [0.2, 0.25) is 0 Å². The minimum atomic E-state index is -0.322. The number of hydrogen-bond donors (Lipinski definition) is 2. The average molecular weight is 306 g/mol. The van der Waals surface area contributed by atoms with Gasteiger partial charge in [-0.25, -0.2) is 0 Å². The third kappa shape index (κ3) is 4.06. The first-order valence-electron chi connectivity index (χ1n) is 7.78. The molecule has 0 aliphatic carbocycles. The minimum Gasteiger partial charge on any atom is -0.427 e. The molecule has 0 unspecified atom stereocenters. The van der Waals surface area contributed by atoms with Crippen molar-refractivity contribution in [1.29, 1.82) is 0 Å². The highest BCUT2D eigenvalue weighted by Gasteiger charge is 2.35. The topological polar surface area (TPSA) is 61.8 Å². The summed E-state index contributed by atoms with van der Waals surface area (Å²) in [6.45, 7) is 9.40. The summed E-state index contributed by atoms with van der Waals surface area (Å²) in [5, 5.41) is 13.2. The van der Waals surface area contributed by atoms with Crippen LogP contribution in [0.25, 0.3) is 0 Å². The molecule has 0 bridgehead atoms. The zero-order chi connectivity index (χ0) is 16.2. The monoisotopic (exact) mass is 306 g/mol. The molecule has 1 aromatic carbocycles. The highest BCUT2D eigenvalue weighted by molar-refractivity contribution is 5.69. The van der Waals surface area contributed by atoms with Crippen LogP contribution in [-0.2, 0) is 4.79 Å². The molecule has 0 saturated carbocycles. The van der Waals surface area contributed by atoms with Crippen LogP contribution < -0.4 is 10.1 Å². The molecular weight excluding hydrogens is 280 g/mol. The maximum absolute atomic E-state index is 11.2. The van der Waals surface area contributed by atoms with Crippen LogP contribution in [0.15, 0.2) is 24.3 Å². The summed E-state index contributed by atoms with van der Waals surface area (Å²) in [5.74, 6) is 0.233. The molecule has 5 heteroatoms. The summed E-state index contributed by atoms with van der Waals surface area (Å²) in [5.41, 5.74) is 0.784. The van der Waals surface area contributed by atoms with Crippen molar-refractivity contribution in [2.45, 2.75) is 26.8 Å². The van der Waals surface area contributed by atoms with Gasteiger partial charge in [-0.3, -0.25) is 9.69 Å². The number of aliphatic hydroxyl groups excluding tert-OH is 1. The second-order valence-electron chi connectivity index (χ2n) is 6.50. The summed E-state index contributed by atoms with van der Waals surface area (Å²) in [6, 6.07) is 7.71. The first-order valence-corrected chi connectivity index (χ1v) is 7.78. The lowest BCUT2D eigenvalue weighted by Gasteiger charge is -2.43. The molecular formula is C17H26N2O3. The van der Waals surface area contributed by atoms with Gasteiger partial charge < -0.3 is 15.2 Å². The predicted octanol–water partition coefficient (Wildman–Crippen LogP) is 1.58. The molecule has 22 heavy (non-hydrogen) atoms. The molecule has 1 fully saturated rings. The number of carbonyl (C=O) groups is 1. The van der Waals surface area contributed by atoms with Crippen LogP contribution in [0.5, 0.6) is 5.75 Å². The van der Waals surface area contributed by atoms with Crippen LogP contribution in [0.3, 0.4) is 0 Å². The van der Waals surface area contributed by atoms with E-state index in [1.807, 2.05) is 18.2 Å². The number of ether oxygens (including phenoxy) is 1. The number of hydrogen-bond acceptors (Lipinski definition) is 5. The van der Waals surface area contributed by atoms with Gasteiger partial charge in [-0.2, -0.15) is 0 Å². The first kappa shape index (κ1) is 16.9. The van der Waals surface area contributed by atoms with Crippen molar-refractivity contribution < 1.29 is 14.6 Å². The van der Waals surface area contributed by atoms with Gasteiger partial charge in [-0.1, -0.05) is 26.0 Å². The van der Waals surface area contributed by atoms with Gasteiger partial charge in [0.05, 0.1) is 0 Å². The number of rotatable bonds is 5. The van der Waals surface area contributed by atoms with Crippen molar-refractivity contribution in [3.05, 3.63) is 29.8 Å². The number of carbonyl (C=O) groups excluding carboxylic acids is 1. The van der Waals surface area contributed by atoms with Crippen molar-refractivity contribution in [2.24, 2.45) is 5.41 Å². The molecule has 1 saturated heterocycles. The lowest BCUT2D eigenvalue weighted by atomic mass is 9.79. The van der Waals surface area contributed by atoms with Gasteiger partial charge in [0.15, 0.2) is 0 Å². The van der Waals surface area contributed by atoms with Crippen LogP contribution in [0.4, 0.5) is 0 Å². The van der Waals surface area contributed by atoms with Gasteiger partial charge in [0, 0.05) is 51.2 Å². The summed E-state index contributed by atoms with van der Waals surface area (Å²) in [4.78, 5) is 13.6. The van der Waals surface area contributed by atoms with Crippen molar-refractivity contribution in [3.63, 3.8) is 0 Å². The molecule has 2 rings (SSSR count). The third-order valence-electron chi connectivity index (χ3n) is 4.10. The Morgan fingerprint density at radius 3 is 2.68 bits per heavy atom. The van der Waals surface area contributed by atoms with Crippen LogP contribution in [0.2, 0.25) is 0 Å². The molecule has 0 amide bonds. The summed E-state index contributed by atoms with van der Waals surface area (Å²) < 4.78 is 5.21. The predicted molar refractivity (Wildman–Crippen MR) is 85.8 cm³/mol. The fraction of sp³-hybridized carbons (Fsp3) is 0.588. The normalized spacial score (nSPS) is 18.0. The second kappa shape index (κ2) is 7.22. The Morgan fingerprint density at radius 1 is 1.41 bits per heavy atom. The quantitative estimate of drug-likeness (QED) is 0.639. The molecule has 0 aromatic heterocycles. The smallest absolute Gasteiger partial charge is 0.308 e. The molecule has 1 aliphatic rings. The highest BCUT2D eigenvalue weighted by Crippen LogP contribution is 2.39. The zero-order valence-corrected chi connectivity index (χ0v) is 13.6. The Balaban J connectivity index is 2.33. The van der Waals surface area contributed by atoms with Gasteiger partial charge in [0.1, 0.15) is 5.75 Å². The van der Waals surface area contributed by atoms with Crippen LogP contribution >= 0.6 is 0 Å². The Hall–Kier alpha value is -1.43. The largest absolute Gasteiger partial charge is 0.427 e. The molecule has 1 aromatic rings. The molecule has 0 radical (unpaired) electrons. The first-order chi connectivity index (χ1) is 10.4. The SMILES string of the molecule is CC(=O)Oc1cccc([C@H](N2CCNCC2)C(C)(C)CO)c1. The standard InChI is InChI=1S/C17H26N2O3/c1-13(21)22-15-6-4-5-14(11-15)16(17(2,3)12-20)19-9-7-18-8-10-19/h4-6,11,16,18,20H,7-10,12H2,1-3H3/t16-/m0/s1. The van der Waals surface area contributed by atoms with E-state index in [4.69, 9.17) is 4.74 Å². The molecule has 5 nitrogen and oxygen atoms in total. The van der Waals surface area contributed by atoms with Crippen LogP contribution in [0.1, 0.15) is 32.4 Å².